The molecule has 0 aromatic heterocycles. The van der Waals surface area contributed by atoms with E-state index >= 15 is 0 Å². The SMILES string of the molecule is C=C/C(C)=C\C1=C(C2=N[C@@H](c3ccccc3)CO2)[C@@]2(CC1(C)C)CC(C)(C)c1cc(C)cc(C3=N[C@@H](c4ccccc4)CO3)c12. The summed E-state index contributed by atoms with van der Waals surface area (Å²) in [4.78, 5) is 10.6. The van der Waals surface area contributed by atoms with Gasteiger partial charge in [-0.25, -0.2) is 9.98 Å². The maximum Gasteiger partial charge on any atom is 0.217 e. The monoisotopic (exact) mass is 596 g/mol. The standard InChI is InChI=1S/C41H44N2O2/c1-8-26(2)20-32-36(38-43-34(23-45-38)29-17-13-10-14-18-29)41(25-40(32,6)7)24-39(4,5)31-21-27(3)19-30(35(31)41)37-42-33(22-44-37)28-15-11-9-12-16-28/h8-21,33-34H,1,22-25H2,2-7H3/b26-20-/t33-,34-,41-/m1/s1. The second-order valence-corrected chi connectivity index (χ2v) is 14.7. The van der Waals surface area contributed by atoms with Crippen molar-refractivity contribution >= 4 is 11.8 Å². The second kappa shape index (κ2) is 10.7. The average molecular weight is 597 g/mol. The van der Waals surface area contributed by atoms with E-state index in [2.05, 4.69) is 127 Å². The summed E-state index contributed by atoms with van der Waals surface area (Å²) in [5, 5.41) is 0. The van der Waals surface area contributed by atoms with Gasteiger partial charge in [-0.3, -0.25) is 0 Å². The maximum absolute atomic E-state index is 6.65. The molecular weight excluding hydrogens is 552 g/mol. The van der Waals surface area contributed by atoms with Gasteiger partial charge in [-0.15, -0.1) is 0 Å². The van der Waals surface area contributed by atoms with Gasteiger partial charge in [0.2, 0.25) is 11.8 Å². The third-order valence-corrected chi connectivity index (χ3v) is 10.3. The molecule has 230 valence electrons. The smallest absolute Gasteiger partial charge is 0.217 e. The number of hydrogen-bond donors (Lipinski definition) is 0. The number of fused-ring (bicyclic) bond motifs is 2. The summed E-state index contributed by atoms with van der Waals surface area (Å²) in [6.07, 6.45) is 6.18. The fourth-order valence-corrected chi connectivity index (χ4v) is 8.44. The zero-order valence-corrected chi connectivity index (χ0v) is 27.5. The van der Waals surface area contributed by atoms with Crippen LogP contribution in [0.1, 0.15) is 92.9 Å². The van der Waals surface area contributed by atoms with Crippen molar-refractivity contribution in [1.82, 2.24) is 0 Å². The van der Waals surface area contributed by atoms with E-state index in [1.54, 1.807) is 0 Å². The van der Waals surface area contributed by atoms with Gasteiger partial charge in [0.25, 0.3) is 0 Å². The van der Waals surface area contributed by atoms with E-state index in [0.29, 0.717) is 13.2 Å². The third-order valence-electron chi connectivity index (χ3n) is 10.3. The molecule has 0 amide bonds. The number of allylic oxidation sites excluding steroid dienone is 4. The zero-order valence-electron chi connectivity index (χ0n) is 27.5. The highest BCUT2D eigenvalue weighted by atomic mass is 16.5. The Morgan fingerprint density at radius 2 is 1.36 bits per heavy atom. The summed E-state index contributed by atoms with van der Waals surface area (Å²) < 4.78 is 13.2. The number of ether oxygens (including phenoxy) is 2. The molecule has 0 N–H and O–H groups in total. The van der Waals surface area contributed by atoms with Crippen LogP contribution < -0.4 is 0 Å². The third kappa shape index (κ3) is 4.90. The lowest BCUT2D eigenvalue weighted by Crippen LogP contribution is -2.32. The molecule has 0 saturated carbocycles. The summed E-state index contributed by atoms with van der Waals surface area (Å²) in [7, 11) is 0. The van der Waals surface area contributed by atoms with Crippen LogP contribution in [0.5, 0.6) is 0 Å². The molecule has 1 spiro atoms. The van der Waals surface area contributed by atoms with Crippen LogP contribution in [0, 0.1) is 12.3 Å². The van der Waals surface area contributed by atoms with E-state index < -0.39 is 0 Å². The lowest BCUT2D eigenvalue weighted by molar-refractivity contribution is 0.298. The van der Waals surface area contributed by atoms with Crippen LogP contribution >= 0.6 is 0 Å². The molecule has 2 heterocycles. The van der Waals surface area contributed by atoms with Crippen LogP contribution in [0.4, 0.5) is 0 Å². The molecule has 3 aromatic rings. The van der Waals surface area contributed by atoms with Gasteiger partial charge in [-0.1, -0.05) is 124 Å². The first kappa shape index (κ1) is 29.5. The number of nitrogens with zero attached hydrogens (tertiary/aromatic N) is 2. The molecule has 3 aromatic carbocycles. The first-order valence-electron chi connectivity index (χ1n) is 16.3. The molecule has 0 bridgehead atoms. The molecule has 4 aliphatic rings. The molecular formula is C41H44N2O2. The van der Waals surface area contributed by atoms with Crippen molar-refractivity contribution in [3.8, 4) is 0 Å². The van der Waals surface area contributed by atoms with E-state index in [1.807, 2.05) is 6.08 Å². The molecule has 7 rings (SSSR count). The molecule has 0 radical (unpaired) electrons. The van der Waals surface area contributed by atoms with E-state index in [9.17, 15) is 0 Å². The van der Waals surface area contributed by atoms with E-state index in [4.69, 9.17) is 19.5 Å². The first-order chi connectivity index (χ1) is 21.5. The van der Waals surface area contributed by atoms with E-state index in [1.165, 1.54) is 39.0 Å². The van der Waals surface area contributed by atoms with Gasteiger partial charge in [0.15, 0.2) is 0 Å². The molecule has 2 aliphatic carbocycles. The maximum atomic E-state index is 6.65. The number of aliphatic imine (C=N–C) groups is 2. The van der Waals surface area contributed by atoms with Crippen LogP contribution in [0.15, 0.2) is 118 Å². The van der Waals surface area contributed by atoms with Gasteiger partial charge in [-0.2, -0.15) is 0 Å². The van der Waals surface area contributed by atoms with Crippen molar-refractivity contribution in [2.24, 2.45) is 15.4 Å². The molecule has 45 heavy (non-hydrogen) atoms. The molecule has 0 saturated heterocycles. The highest BCUT2D eigenvalue weighted by molar-refractivity contribution is 6.03. The Hall–Kier alpha value is -4.18. The summed E-state index contributed by atoms with van der Waals surface area (Å²) in [6.45, 7) is 19.1. The van der Waals surface area contributed by atoms with Crippen molar-refractivity contribution in [2.75, 3.05) is 13.2 Å². The molecule has 4 heteroatoms. The Labute approximate surface area is 268 Å². The Balaban J connectivity index is 1.47. The van der Waals surface area contributed by atoms with Gasteiger partial charge in [0.05, 0.1) is 0 Å². The number of aryl methyl sites for hydroxylation is 1. The zero-order chi connectivity index (χ0) is 31.6. The minimum absolute atomic E-state index is 0.0133. The van der Waals surface area contributed by atoms with Gasteiger partial charge in [-0.05, 0) is 71.4 Å². The van der Waals surface area contributed by atoms with Crippen LogP contribution in [0.2, 0.25) is 0 Å². The van der Waals surface area contributed by atoms with Crippen molar-refractivity contribution < 1.29 is 9.47 Å². The van der Waals surface area contributed by atoms with Crippen LogP contribution in [0.3, 0.4) is 0 Å². The predicted molar refractivity (Wildman–Crippen MR) is 184 cm³/mol. The van der Waals surface area contributed by atoms with Gasteiger partial charge in [0, 0.05) is 16.6 Å². The van der Waals surface area contributed by atoms with Crippen molar-refractivity contribution in [1.29, 1.82) is 0 Å². The van der Waals surface area contributed by atoms with E-state index in [-0.39, 0.29) is 28.3 Å². The van der Waals surface area contributed by atoms with Gasteiger partial charge >= 0.3 is 0 Å². The number of hydrogen-bond acceptors (Lipinski definition) is 4. The second-order valence-electron chi connectivity index (χ2n) is 14.7. The number of rotatable bonds is 6. The molecule has 0 fully saturated rings. The quantitative estimate of drug-likeness (QED) is 0.266. The molecule has 2 aliphatic heterocycles. The van der Waals surface area contributed by atoms with Crippen LogP contribution in [-0.2, 0) is 20.3 Å². The fraction of sp³-hybridized carbons (Fsp3) is 0.366. The Morgan fingerprint density at radius 1 is 0.800 bits per heavy atom. The topological polar surface area (TPSA) is 43.2 Å². The minimum atomic E-state index is -0.320. The Kier molecular flexibility index (Phi) is 7.03. The Morgan fingerprint density at radius 3 is 1.96 bits per heavy atom. The molecule has 3 atom stereocenters. The average Bonchev–Trinajstić information content (AvgIpc) is 3.78. The molecule has 4 nitrogen and oxygen atoms in total. The van der Waals surface area contributed by atoms with Crippen molar-refractivity contribution in [2.45, 2.75) is 77.3 Å². The van der Waals surface area contributed by atoms with Crippen LogP contribution in [-0.4, -0.2) is 25.0 Å². The highest BCUT2D eigenvalue weighted by Crippen LogP contribution is 2.65. The largest absolute Gasteiger partial charge is 0.475 e. The lowest BCUT2D eigenvalue weighted by atomic mass is 9.70. The summed E-state index contributed by atoms with van der Waals surface area (Å²) in [6, 6.07) is 25.7. The summed E-state index contributed by atoms with van der Waals surface area (Å²) in [5.41, 5.74) is 10.6. The van der Waals surface area contributed by atoms with Crippen LogP contribution in [0.25, 0.3) is 0 Å². The van der Waals surface area contributed by atoms with E-state index in [0.717, 1.165) is 35.8 Å². The van der Waals surface area contributed by atoms with Gasteiger partial charge in [0.1, 0.15) is 25.3 Å². The van der Waals surface area contributed by atoms with Crippen molar-refractivity contribution in [3.63, 3.8) is 0 Å². The minimum Gasteiger partial charge on any atom is -0.475 e. The number of benzene rings is 3. The first-order valence-corrected chi connectivity index (χ1v) is 16.3. The highest BCUT2D eigenvalue weighted by Gasteiger charge is 2.60. The molecule has 0 unspecified atom stereocenters. The normalized spacial score (nSPS) is 26.4. The summed E-state index contributed by atoms with van der Waals surface area (Å²) >= 11 is 0. The Bertz CT molecular complexity index is 1790. The van der Waals surface area contributed by atoms with Crippen molar-refractivity contribution in [3.05, 3.63) is 142 Å². The summed E-state index contributed by atoms with van der Waals surface area (Å²) in [5.74, 6) is 1.53. The fourth-order valence-electron chi connectivity index (χ4n) is 8.44. The lowest BCUT2D eigenvalue weighted by Gasteiger charge is -2.33. The predicted octanol–water partition coefficient (Wildman–Crippen LogP) is 9.46. The van der Waals surface area contributed by atoms with Gasteiger partial charge < -0.3 is 9.47 Å².